The Bertz CT molecular complexity index is 257. The normalized spacial score (nSPS) is 25.6. The van der Waals surface area contributed by atoms with E-state index >= 15 is 0 Å². The van der Waals surface area contributed by atoms with Gasteiger partial charge in [0.2, 0.25) is 0 Å². The van der Waals surface area contributed by atoms with Gasteiger partial charge in [-0.15, -0.1) is 0 Å². The predicted molar refractivity (Wildman–Crippen MR) is 49.4 cm³/mol. The molecule has 0 aliphatic heterocycles. The average molecular weight is 198 g/mol. The van der Waals surface area contributed by atoms with Crippen LogP contribution in [-0.4, -0.2) is 25.2 Å². The van der Waals surface area contributed by atoms with E-state index < -0.39 is 0 Å². The number of allylic oxidation sites excluding steroid dienone is 1. The summed E-state index contributed by atoms with van der Waals surface area (Å²) < 4.78 is 9.61. The molecule has 78 valence electrons. The first-order valence-corrected chi connectivity index (χ1v) is 4.55. The van der Waals surface area contributed by atoms with Gasteiger partial charge in [0.25, 0.3) is 0 Å². The molecule has 2 atom stereocenters. The fraction of sp³-hybridized carbons (Fsp3) is 0.600. The van der Waals surface area contributed by atoms with Crippen molar-refractivity contribution in [2.24, 2.45) is 5.92 Å². The summed E-state index contributed by atoms with van der Waals surface area (Å²) in [5.41, 5.74) is 0. The molecule has 0 heterocycles. The second-order valence-electron chi connectivity index (χ2n) is 3.27. The van der Waals surface area contributed by atoms with E-state index in [0.717, 1.165) is 0 Å². The summed E-state index contributed by atoms with van der Waals surface area (Å²) in [5.74, 6) is -0.758. The maximum atomic E-state index is 11.2. The molecule has 0 spiro atoms. The topological polar surface area (TPSA) is 52.6 Å². The quantitative estimate of drug-likeness (QED) is 0.491. The molecule has 0 saturated carbocycles. The highest BCUT2D eigenvalue weighted by Crippen LogP contribution is 2.21. The van der Waals surface area contributed by atoms with Gasteiger partial charge in [-0.2, -0.15) is 0 Å². The number of carbonyl (C=O) groups is 2. The van der Waals surface area contributed by atoms with E-state index in [1.54, 1.807) is 6.08 Å². The van der Waals surface area contributed by atoms with Gasteiger partial charge in [0.1, 0.15) is 6.10 Å². The third-order valence-corrected chi connectivity index (χ3v) is 2.14. The van der Waals surface area contributed by atoms with Gasteiger partial charge < -0.3 is 9.47 Å². The zero-order valence-corrected chi connectivity index (χ0v) is 8.36. The molecule has 1 aliphatic carbocycles. The first-order valence-electron chi connectivity index (χ1n) is 4.55. The van der Waals surface area contributed by atoms with Crippen LogP contribution < -0.4 is 0 Å². The molecule has 0 radical (unpaired) electrons. The van der Waals surface area contributed by atoms with E-state index in [4.69, 9.17) is 4.74 Å². The fourth-order valence-electron chi connectivity index (χ4n) is 1.51. The van der Waals surface area contributed by atoms with E-state index in [1.807, 2.05) is 6.08 Å². The van der Waals surface area contributed by atoms with Crippen LogP contribution in [0.5, 0.6) is 0 Å². The number of ether oxygens (including phenoxy) is 2. The Balaban J connectivity index is 2.51. The van der Waals surface area contributed by atoms with Crippen molar-refractivity contribution in [2.75, 3.05) is 7.11 Å². The lowest BCUT2D eigenvalue weighted by Crippen LogP contribution is -2.26. The van der Waals surface area contributed by atoms with Gasteiger partial charge >= 0.3 is 11.9 Å². The maximum absolute atomic E-state index is 11.2. The molecule has 0 aromatic heterocycles. The van der Waals surface area contributed by atoms with E-state index in [9.17, 15) is 9.59 Å². The monoisotopic (exact) mass is 198 g/mol. The molecule has 4 nitrogen and oxygen atoms in total. The molecule has 0 aromatic carbocycles. The third-order valence-electron chi connectivity index (χ3n) is 2.14. The smallest absolute Gasteiger partial charge is 0.309 e. The number of rotatable bonds is 2. The van der Waals surface area contributed by atoms with Crippen molar-refractivity contribution in [3.63, 3.8) is 0 Å². The van der Waals surface area contributed by atoms with Crippen LogP contribution in [0.15, 0.2) is 12.2 Å². The van der Waals surface area contributed by atoms with Crippen LogP contribution in [0.1, 0.15) is 19.8 Å². The van der Waals surface area contributed by atoms with E-state index in [0.29, 0.717) is 12.8 Å². The highest BCUT2D eigenvalue weighted by Gasteiger charge is 2.26. The van der Waals surface area contributed by atoms with Crippen LogP contribution in [0.3, 0.4) is 0 Å². The highest BCUT2D eigenvalue weighted by atomic mass is 16.5. The largest absolute Gasteiger partial charge is 0.469 e. The number of hydrogen-bond acceptors (Lipinski definition) is 4. The van der Waals surface area contributed by atoms with Crippen molar-refractivity contribution in [1.82, 2.24) is 0 Å². The zero-order chi connectivity index (χ0) is 10.6. The van der Waals surface area contributed by atoms with Gasteiger partial charge in [0.05, 0.1) is 13.0 Å². The SMILES string of the molecule is COC(=O)C1CC=CC(OC(C)=O)C1. The Morgan fingerprint density at radius 2 is 2.14 bits per heavy atom. The molecule has 0 N–H and O–H groups in total. The molecule has 0 aromatic rings. The Hall–Kier alpha value is -1.32. The first kappa shape index (κ1) is 10.8. The molecule has 1 aliphatic rings. The van der Waals surface area contributed by atoms with Crippen LogP contribution in [0.25, 0.3) is 0 Å². The highest BCUT2D eigenvalue weighted by molar-refractivity contribution is 5.73. The molecule has 0 saturated heterocycles. The zero-order valence-electron chi connectivity index (χ0n) is 8.36. The molecule has 0 fully saturated rings. The van der Waals surface area contributed by atoms with Crippen molar-refractivity contribution in [2.45, 2.75) is 25.9 Å². The lowest BCUT2D eigenvalue weighted by molar-refractivity contribution is -0.151. The van der Waals surface area contributed by atoms with Crippen LogP contribution in [0.4, 0.5) is 0 Å². The molecular formula is C10H14O4. The van der Waals surface area contributed by atoms with Crippen LogP contribution in [0.2, 0.25) is 0 Å². The standard InChI is InChI=1S/C10H14O4/c1-7(11)14-9-5-3-4-8(6-9)10(12)13-2/h3,5,8-9H,4,6H2,1-2H3. The van der Waals surface area contributed by atoms with Gasteiger partial charge in [0.15, 0.2) is 0 Å². The van der Waals surface area contributed by atoms with Crippen molar-refractivity contribution in [1.29, 1.82) is 0 Å². The van der Waals surface area contributed by atoms with Gasteiger partial charge in [-0.25, -0.2) is 0 Å². The second-order valence-corrected chi connectivity index (χ2v) is 3.27. The van der Waals surface area contributed by atoms with E-state index in [1.165, 1.54) is 14.0 Å². The Morgan fingerprint density at radius 1 is 1.43 bits per heavy atom. The second kappa shape index (κ2) is 4.79. The van der Waals surface area contributed by atoms with E-state index in [-0.39, 0.29) is 24.0 Å². The van der Waals surface area contributed by atoms with Crippen LogP contribution >= 0.6 is 0 Å². The number of methoxy groups -OCH3 is 1. The summed E-state index contributed by atoms with van der Waals surface area (Å²) in [6, 6.07) is 0. The molecule has 2 unspecified atom stereocenters. The average Bonchev–Trinajstić information content (AvgIpc) is 2.16. The van der Waals surface area contributed by atoms with Gasteiger partial charge in [-0.1, -0.05) is 6.08 Å². The summed E-state index contributed by atoms with van der Waals surface area (Å²) >= 11 is 0. The third kappa shape index (κ3) is 2.87. The summed E-state index contributed by atoms with van der Waals surface area (Å²) in [6.45, 7) is 1.36. The summed E-state index contributed by atoms with van der Waals surface area (Å²) in [7, 11) is 1.36. The number of carbonyl (C=O) groups excluding carboxylic acids is 2. The molecule has 0 bridgehead atoms. The number of hydrogen-bond donors (Lipinski definition) is 0. The Kier molecular flexibility index (Phi) is 3.68. The van der Waals surface area contributed by atoms with Crippen molar-refractivity contribution < 1.29 is 19.1 Å². The lowest BCUT2D eigenvalue weighted by Gasteiger charge is -2.22. The molecule has 1 rings (SSSR count). The fourth-order valence-corrected chi connectivity index (χ4v) is 1.51. The summed E-state index contributed by atoms with van der Waals surface area (Å²) in [4.78, 5) is 21.9. The predicted octanol–water partition coefficient (Wildman–Crippen LogP) is 1.06. The van der Waals surface area contributed by atoms with Crippen molar-refractivity contribution in [3.05, 3.63) is 12.2 Å². The number of esters is 2. The molecule has 0 amide bonds. The lowest BCUT2D eigenvalue weighted by atomic mass is 9.92. The minimum Gasteiger partial charge on any atom is -0.469 e. The molecule has 14 heavy (non-hydrogen) atoms. The van der Waals surface area contributed by atoms with Gasteiger partial charge in [-0.05, 0) is 12.5 Å². The van der Waals surface area contributed by atoms with E-state index in [2.05, 4.69) is 4.74 Å². The van der Waals surface area contributed by atoms with Crippen LogP contribution in [-0.2, 0) is 19.1 Å². The minimum absolute atomic E-state index is 0.186. The first-order chi connectivity index (χ1) is 6.63. The Labute approximate surface area is 82.9 Å². The van der Waals surface area contributed by atoms with Crippen molar-refractivity contribution >= 4 is 11.9 Å². The molecular weight excluding hydrogens is 184 g/mol. The molecule has 4 heteroatoms. The summed E-state index contributed by atoms with van der Waals surface area (Å²) in [6.07, 6.45) is 4.54. The summed E-state index contributed by atoms with van der Waals surface area (Å²) in [5, 5.41) is 0. The van der Waals surface area contributed by atoms with Gasteiger partial charge in [-0.3, -0.25) is 9.59 Å². The maximum Gasteiger partial charge on any atom is 0.309 e. The Morgan fingerprint density at radius 3 is 2.71 bits per heavy atom. The van der Waals surface area contributed by atoms with Gasteiger partial charge in [0, 0.05) is 13.3 Å². The van der Waals surface area contributed by atoms with Crippen LogP contribution in [0, 0.1) is 5.92 Å². The van der Waals surface area contributed by atoms with Crippen molar-refractivity contribution in [3.8, 4) is 0 Å². The minimum atomic E-state index is -0.329.